The molecule has 4 heteroatoms. The van der Waals surface area contributed by atoms with E-state index >= 15 is 0 Å². The van der Waals surface area contributed by atoms with Gasteiger partial charge in [0.2, 0.25) is 0 Å². The van der Waals surface area contributed by atoms with Crippen molar-refractivity contribution in [3.05, 3.63) is 11.1 Å². The number of esters is 2. The summed E-state index contributed by atoms with van der Waals surface area (Å²) in [6.07, 6.45) is 0.0659. The second kappa shape index (κ2) is 2.29. The number of hydrogen-bond acceptors (Lipinski definition) is 3. The highest BCUT2D eigenvalue weighted by molar-refractivity contribution is 6.20. The molecule has 0 bridgehead atoms. The Morgan fingerprint density at radius 2 is 2.00 bits per heavy atom. The molecule has 1 aliphatic heterocycles. The maximum atomic E-state index is 10.6. The van der Waals surface area contributed by atoms with Crippen molar-refractivity contribution in [1.29, 1.82) is 0 Å². The van der Waals surface area contributed by atoms with Gasteiger partial charge in [0.1, 0.15) is 0 Å². The summed E-state index contributed by atoms with van der Waals surface area (Å²) in [5, 5.41) is 0. The van der Waals surface area contributed by atoms with E-state index in [0.717, 1.165) is 0 Å². The Balaban J connectivity index is 3.01. The summed E-state index contributed by atoms with van der Waals surface area (Å²) in [6.45, 7) is 1.52. The second-order valence-electron chi connectivity index (χ2n) is 1.98. The molecule has 10 heavy (non-hydrogen) atoms. The zero-order valence-electron chi connectivity index (χ0n) is 5.51. The topological polar surface area (TPSA) is 43.4 Å². The standard InChI is InChI=1S/C6H5BO3/c1-3-4(2-7)6(9)10-5(3)8/h2H2,1H3. The van der Waals surface area contributed by atoms with Crippen molar-refractivity contribution in [1.82, 2.24) is 0 Å². The van der Waals surface area contributed by atoms with Gasteiger partial charge in [0.05, 0.1) is 7.85 Å². The first-order valence-corrected chi connectivity index (χ1v) is 2.83. The molecule has 50 valence electrons. The lowest BCUT2D eigenvalue weighted by Crippen LogP contribution is -2.01. The van der Waals surface area contributed by atoms with Crippen molar-refractivity contribution in [3.63, 3.8) is 0 Å². The molecule has 0 saturated heterocycles. The molecular formula is C6H5BO3. The summed E-state index contributed by atoms with van der Waals surface area (Å²) in [5.41, 5.74) is 0.609. The average molecular weight is 136 g/mol. The maximum absolute atomic E-state index is 10.6. The van der Waals surface area contributed by atoms with Crippen LogP contribution in [0, 0.1) is 0 Å². The molecule has 1 heterocycles. The van der Waals surface area contributed by atoms with Gasteiger partial charge in [-0.25, -0.2) is 9.59 Å². The number of carbonyl (C=O) groups excluding carboxylic acids is 2. The third-order valence-electron chi connectivity index (χ3n) is 1.39. The highest BCUT2D eigenvalue weighted by Gasteiger charge is 2.27. The number of hydrogen-bond donors (Lipinski definition) is 0. The fourth-order valence-electron chi connectivity index (χ4n) is 0.735. The molecule has 0 saturated carbocycles. The van der Waals surface area contributed by atoms with E-state index in [1.165, 1.54) is 6.92 Å². The van der Waals surface area contributed by atoms with E-state index in [4.69, 9.17) is 7.85 Å². The number of carbonyl (C=O) groups is 2. The first-order valence-electron chi connectivity index (χ1n) is 2.83. The van der Waals surface area contributed by atoms with E-state index in [1.807, 2.05) is 0 Å². The Morgan fingerprint density at radius 3 is 2.20 bits per heavy atom. The molecule has 0 amide bonds. The lowest BCUT2D eigenvalue weighted by atomic mass is 9.94. The van der Waals surface area contributed by atoms with Crippen LogP contribution in [0.25, 0.3) is 0 Å². The van der Waals surface area contributed by atoms with Crippen LogP contribution in [-0.2, 0) is 14.3 Å². The molecule has 1 rings (SSSR count). The minimum atomic E-state index is -0.606. The summed E-state index contributed by atoms with van der Waals surface area (Å²) in [7, 11) is 5.17. The van der Waals surface area contributed by atoms with Crippen molar-refractivity contribution < 1.29 is 14.3 Å². The lowest BCUT2D eigenvalue weighted by molar-refractivity contribution is -0.151. The first-order chi connectivity index (χ1) is 4.66. The lowest BCUT2D eigenvalue weighted by Gasteiger charge is -1.88. The average Bonchev–Trinajstić information content (AvgIpc) is 2.09. The molecule has 0 atom stereocenters. The molecule has 2 radical (unpaired) electrons. The van der Waals surface area contributed by atoms with Crippen LogP contribution in [0.1, 0.15) is 6.92 Å². The molecule has 1 aliphatic rings. The fourth-order valence-corrected chi connectivity index (χ4v) is 0.735. The van der Waals surface area contributed by atoms with Crippen molar-refractivity contribution in [2.45, 2.75) is 13.2 Å². The van der Waals surface area contributed by atoms with Gasteiger partial charge in [-0.3, -0.25) is 0 Å². The molecule has 0 aliphatic carbocycles. The van der Waals surface area contributed by atoms with Crippen LogP contribution in [0.4, 0.5) is 0 Å². The van der Waals surface area contributed by atoms with Crippen LogP contribution in [0.15, 0.2) is 11.1 Å². The van der Waals surface area contributed by atoms with Gasteiger partial charge in [-0.15, -0.1) is 0 Å². The van der Waals surface area contributed by atoms with Crippen LogP contribution >= 0.6 is 0 Å². The second-order valence-corrected chi connectivity index (χ2v) is 1.98. The predicted molar refractivity (Wildman–Crippen MR) is 34.4 cm³/mol. The van der Waals surface area contributed by atoms with E-state index < -0.39 is 11.9 Å². The third kappa shape index (κ3) is 0.855. The highest BCUT2D eigenvalue weighted by Crippen LogP contribution is 2.18. The number of cyclic esters (lactones) is 2. The quantitative estimate of drug-likeness (QED) is 0.289. The summed E-state index contributed by atoms with van der Waals surface area (Å²) in [6, 6.07) is 0. The summed E-state index contributed by atoms with van der Waals surface area (Å²) >= 11 is 0. The van der Waals surface area contributed by atoms with Crippen molar-refractivity contribution in [2.24, 2.45) is 0 Å². The Hall–Kier alpha value is -1.06. The summed E-state index contributed by atoms with van der Waals surface area (Å²) in [4.78, 5) is 21.2. The Kier molecular flexibility index (Phi) is 1.61. The molecular weight excluding hydrogens is 131 g/mol. The predicted octanol–water partition coefficient (Wildman–Crippen LogP) is -0.0269. The maximum Gasteiger partial charge on any atom is 0.342 e. The van der Waals surface area contributed by atoms with E-state index in [1.54, 1.807) is 0 Å². The van der Waals surface area contributed by atoms with Crippen molar-refractivity contribution >= 4 is 19.8 Å². The normalized spacial score (nSPS) is 18.1. The van der Waals surface area contributed by atoms with Crippen molar-refractivity contribution in [2.75, 3.05) is 0 Å². The first kappa shape index (κ1) is 7.06. The zero-order chi connectivity index (χ0) is 7.72. The number of rotatable bonds is 1. The Morgan fingerprint density at radius 1 is 1.40 bits per heavy atom. The Labute approximate surface area is 59.5 Å². The van der Waals surface area contributed by atoms with Crippen LogP contribution < -0.4 is 0 Å². The van der Waals surface area contributed by atoms with E-state index in [9.17, 15) is 9.59 Å². The van der Waals surface area contributed by atoms with Gasteiger partial charge < -0.3 is 4.74 Å². The van der Waals surface area contributed by atoms with Crippen LogP contribution in [0.2, 0.25) is 6.32 Å². The van der Waals surface area contributed by atoms with Gasteiger partial charge in [-0.1, -0.05) is 6.32 Å². The minimum absolute atomic E-state index is 0.0659. The molecule has 0 aromatic rings. The van der Waals surface area contributed by atoms with Crippen LogP contribution in [-0.4, -0.2) is 19.8 Å². The van der Waals surface area contributed by atoms with Crippen LogP contribution in [0.5, 0.6) is 0 Å². The SMILES string of the molecule is [B]CC1=C(C)C(=O)OC1=O. The van der Waals surface area contributed by atoms with Gasteiger partial charge in [0, 0.05) is 11.1 Å². The van der Waals surface area contributed by atoms with Gasteiger partial charge in [-0.2, -0.15) is 0 Å². The molecule has 3 nitrogen and oxygen atoms in total. The van der Waals surface area contributed by atoms with E-state index in [0.29, 0.717) is 5.57 Å². The van der Waals surface area contributed by atoms with Gasteiger partial charge in [0.25, 0.3) is 0 Å². The van der Waals surface area contributed by atoms with Crippen molar-refractivity contribution in [3.8, 4) is 0 Å². The molecule has 0 N–H and O–H groups in total. The Bertz CT molecular complexity index is 229. The van der Waals surface area contributed by atoms with Crippen LogP contribution in [0.3, 0.4) is 0 Å². The summed E-state index contributed by atoms with van der Waals surface area (Å²) < 4.78 is 4.25. The minimum Gasteiger partial charge on any atom is -0.386 e. The third-order valence-corrected chi connectivity index (χ3v) is 1.39. The van der Waals surface area contributed by atoms with Gasteiger partial charge in [0.15, 0.2) is 0 Å². The molecule has 0 spiro atoms. The fraction of sp³-hybridized carbons (Fsp3) is 0.333. The molecule has 0 aromatic heterocycles. The zero-order valence-corrected chi connectivity index (χ0v) is 5.51. The molecule has 0 fully saturated rings. The van der Waals surface area contributed by atoms with Gasteiger partial charge >= 0.3 is 11.9 Å². The molecule has 0 aromatic carbocycles. The van der Waals surface area contributed by atoms with Gasteiger partial charge in [-0.05, 0) is 6.92 Å². The van der Waals surface area contributed by atoms with E-state index in [-0.39, 0.29) is 11.9 Å². The highest BCUT2D eigenvalue weighted by atomic mass is 16.6. The number of ether oxygens (including phenoxy) is 1. The monoisotopic (exact) mass is 136 g/mol. The summed E-state index contributed by atoms with van der Waals surface area (Å²) in [5.74, 6) is -1.18. The smallest absolute Gasteiger partial charge is 0.342 e. The largest absolute Gasteiger partial charge is 0.386 e. The molecule has 0 unspecified atom stereocenters. The van der Waals surface area contributed by atoms with E-state index in [2.05, 4.69) is 4.74 Å².